The summed E-state index contributed by atoms with van der Waals surface area (Å²) in [5.74, 6) is 1.53. The molecule has 0 saturated carbocycles. The third-order valence-corrected chi connectivity index (χ3v) is 4.83. The predicted molar refractivity (Wildman–Crippen MR) is 82.8 cm³/mol. The first-order valence-corrected chi connectivity index (χ1v) is 8.15. The summed E-state index contributed by atoms with van der Waals surface area (Å²) in [6, 6.07) is 5.48. The maximum atomic E-state index is 12.3. The number of carbonyl (C=O) groups is 1. The molecular formula is C14H17Cl2NOS. The van der Waals surface area contributed by atoms with Crippen molar-refractivity contribution in [1.82, 2.24) is 4.90 Å². The molecule has 0 aliphatic carbocycles. The van der Waals surface area contributed by atoms with E-state index in [-0.39, 0.29) is 11.3 Å². The van der Waals surface area contributed by atoms with E-state index in [4.69, 9.17) is 23.2 Å². The lowest BCUT2D eigenvalue weighted by molar-refractivity contribution is -0.132. The molecule has 19 heavy (non-hydrogen) atoms. The molecule has 5 heteroatoms. The fourth-order valence-corrected chi connectivity index (χ4v) is 4.04. The van der Waals surface area contributed by atoms with E-state index >= 15 is 0 Å². The summed E-state index contributed by atoms with van der Waals surface area (Å²) < 4.78 is 0. The largest absolute Gasteiger partial charge is 0.326 e. The minimum Gasteiger partial charge on any atom is -0.326 e. The molecule has 1 aliphatic heterocycles. The number of nitrogens with zero attached hydrogens (tertiary/aromatic N) is 1. The van der Waals surface area contributed by atoms with E-state index < -0.39 is 0 Å². The van der Waals surface area contributed by atoms with Crippen LogP contribution in [0.25, 0.3) is 0 Å². The van der Waals surface area contributed by atoms with Gasteiger partial charge in [-0.25, -0.2) is 0 Å². The summed E-state index contributed by atoms with van der Waals surface area (Å²) >= 11 is 13.9. The lowest BCUT2D eigenvalue weighted by Crippen LogP contribution is -2.31. The number of halogens is 2. The van der Waals surface area contributed by atoms with E-state index in [1.807, 2.05) is 17.0 Å². The van der Waals surface area contributed by atoms with Crippen molar-refractivity contribution in [3.05, 3.63) is 33.8 Å². The van der Waals surface area contributed by atoms with Crippen LogP contribution in [0.3, 0.4) is 0 Å². The summed E-state index contributed by atoms with van der Waals surface area (Å²) in [6.45, 7) is 4.91. The number of amides is 1. The Balaban J connectivity index is 2.20. The van der Waals surface area contributed by atoms with Crippen molar-refractivity contribution in [2.24, 2.45) is 5.92 Å². The molecule has 0 N–H and O–H groups in total. The van der Waals surface area contributed by atoms with Crippen molar-refractivity contribution in [2.45, 2.75) is 25.6 Å². The van der Waals surface area contributed by atoms with Crippen LogP contribution >= 0.6 is 35.0 Å². The van der Waals surface area contributed by atoms with E-state index in [9.17, 15) is 4.79 Å². The van der Waals surface area contributed by atoms with E-state index in [2.05, 4.69) is 13.8 Å². The fraction of sp³-hybridized carbons (Fsp3) is 0.500. The average Bonchev–Trinajstić information content (AvgIpc) is 2.76. The zero-order valence-corrected chi connectivity index (χ0v) is 13.4. The maximum absolute atomic E-state index is 12.3. The summed E-state index contributed by atoms with van der Waals surface area (Å²) in [4.78, 5) is 14.2. The highest BCUT2D eigenvalue weighted by Crippen LogP contribution is 2.41. The smallest absolute Gasteiger partial charge is 0.224 e. The second-order valence-corrected chi connectivity index (χ2v) is 7.11. The zero-order chi connectivity index (χ0) is 14.0. The molecule has 0 radical (unpaired) electrons. The van der Waals surface area contributed by atoms with Crippen LogP contribution in [0.5, 0.6) is 0 Å². The van der Waals surface area contributed by atoms with Crippen LogP contribution < -0.4 is 0 Å². The van der Waals surface area contributed by atoms with Crippen LogP contribution in [0, 0.1) is 5.92 Å². The first-order valence-electron chi connectivity index (χ1n) is 6.35. The normalized spacial score (nSPS) is 19.2. The van der Waals surface area contributed by atoms with Gasteiger partial charge in [0.05, 0.1) is 0 Å². The predicted octanol–water partition coefficient (Wildman–Crippen LogP) is 4.61. The van der Waals surface area contributed by atoms with Gasteiger partial charge in [-0.15, -0.1) is 11.8 Å². The molecule has 1 atom stereocenters. The molecule has 2 rings (SSSR count). The Bertz CT molecular complexity index is 479. The third-order valence-electron chi connectivity index (χ3n) is 3.02. The quantitative estimate of drug-likeness (QED) is 0.811. The minimum absolute atomic E-state index is 0.0241. The standard InChI is InChI=1S/C14H17Cl2NOS/c1-9(2)7-13(18)17-5-6-19-14(17)11-4-3-10(15)8-12(11)16/h3-4,8-9,14H,5-7H2,1-2H3/t14-/m1/s1. The van der Waals surface area contributed by atoms with Crippen molar-refractivity contribution < 1.29 is 4.79 Å². The Morgan fingerprint density at radius 3 is 2.84 bits per heavy atom. The van der Waals surface area contributed by atoms with Gasteiger partial charge in [0.15, 0.2) is 0 Å². The van der Waals surface area contributed by atoms with Gasteiger partial charge in [0, 0.05) is 34.3 Å². The molecule has 1 fully saturated rings. The molecule has 1 aromatic carbocycles. The summed E-state index contributed by atoms with van der Waals surface area (Å²) in [5.41, 5.74) is 0.977. The molecule has 1 aliphatic rings. The van der Waals surface area contributed by atoms with Crippen LogP contribution in [-0.4, -0.2) is 23.1 Å². The maximum Gasteiger partial charge on any atom is 0.224 e. The number of rotatable bonds is 3. The highest BCUT2D eigenvalue weighted by atomic mass is 35.5. The van der Waals surface area contributed by atoms with Gasteiger partial charge < -0.3 is 4.90 Å². The van der Waals surface area contributed by atoms with Crippen LogP contribution in [0.2, 0.25) is 10.0 Å². The topological polar surface area (TPSA) is 20.3 Å². The summed E-state index contributed by atoms with van der Waals surface area (Å²) in [7, 11) is 0. The van der Waals surface area contributed by atoms with Crippen molar-refractivity contribution >= 4 is 40.9 Å². The molecule has 1 aromatic rings. The number of thioether (sulfide) groups is 1. The Labute approximate surface area is 128 Å². The Hall–Kier alpha value is -0.380. The average molecular weight is 318 g/mol. The van der Waals surface area contributed by atoms with Crippen molar-refractivity contribution in [3.8, 4) is 0 Å². The Morgan fingerprint density at radius 1 is 1.47 bits per heavy atom. The van der Waals surface area contributed by atoms with Crippen molar-refractivity contribution in [3.63, 3.8) is 0 Å². The number of benzene rings is 1. The van der Waals surface area contributed by atoms with E-state index in [0.717, 1.165) is 17.9 Å². The SMILES string of the molecule is CC(C)CC(=O)N1CCS[C@@H]1c1ccc(Cl)cc1Cl. The van der Waals surface area contributed by atoms with Gasteiger partial charge in [-0.1, -0.05) is 43.1 Å². The van der Waals surface area contributed by atoms with Gasteiger partial charge in [0.1, 0.15) is 5.37 Å². The van der Waals surface area contributed by atoms with Gasteiger partial charge in [-0.3, -0.25) is 4.79 Å². The molecule has 0 unspecified atom stereocenters. The molecule has 1 amide bonds. The van der Waals surface area contributed by atoms with Gasteiger partial charge >= 0.3 is 0 Å². The lowest BCUT2D eigenvalue weighted by Gasteiger charge is -2.25. The molecule has 2 nitrogen and oxygen atoms in total. The summed E-state index contributed by atoms with van der Waals surface area (Å²) in [5, 5.41) is 1.28. The van der Waals surface area contributed by atoms with Crippen LogP contribution in [0.4, 0.5) is 0 Å². The molecule has 1 heterocycles. The Morgan fingerprint density at radius 2 is 2.21 bits per heavy atom. The Kier molecular flexibility index (Phi) is 5.04. The molecule has 0 aromatic heterocycles. The summed E-state index contributed by atoms with van der Waals surface area (Å²) in [6.07, 6.45) is 0.586. The number of hydrogen-bond acceptors (Lipinski definition) is 2. The van der Waals surface area contributed by atoms with Gasteiger partial charge in [0.25, 0.3) is 0 Å². The molecule has 1 saturated heterocycles. The van der Waals surface area contributed by atoms with Crippen LogP contribution in [0.15, 0.2) is 18.2 Å². The first kappa shape index (κ1) is 15.0. The van der Waals surface area contributed by atoms with Crippen LogP contribution in [0.1, 0.15) is 31.2 Å². The second-order valence-electron chi connectivity index (χ2n) is 5.07. The lowest BCUT2D eigenvalue weighted by atomic mass is 10.1. The van der Waals surface area contributed by atoms with Crippen molar-refractivity contribution in [2.75, 3.05) is 12.3 Å². The first-order chi connectivity index (χ1) is 8.99. The van der Waals surface area contributed by atoms with E-state index in [1.165, 1.54) is 0 Å². The van der Waals surface area contributed by atoms with Gasteiger partial charge in [-0.2, -0.15) is 0 Å². The van der Waals surface area contributed by atoms with Crippen LogP contribution in [-0.2, 0) is 4.79 Å². The monoisotopic (exact) mass is 317 g/mol. The molecular weight excluding hydrogens is 301 g/mol. The fourth-order valence-electron chi connectivity index (χ4n) is 2.15. The van der Waals surface area contributed by atoms with Gasteiger partial charge in [-0.05, 0) is 18.1 Å². The molecule has 0 bridgehead atoms. The zero-order valence-electron chi connectivity index (χ0n) is 11.0. The molecule has 104 valence electrons. The second kappa shape index (κ2) is 6.38. The number of hydrogen-bond donors (Lipinski definition) is 0. The molecule has 0 spiro atoms. The van der Waals surface area contributed by atoms with E-state index in [1.54, 1.807) is 17.8 Å². The third kappa shape index (κ3) is 3.59. The highest BCUT2D eigenvalue weighted by molar-refractivity contribution is 7.99. The number of carbonyl (C=O) groups excluding carboxylic acids is 1. The highest BCUT2D eigenvalue weighted by Gasteiger charge is 2.31. The van der Waals surface area contributed by atoms with E-state index in [0.29, 0.717) is 22.4 Å². The van der Waals surface area contributed by atoms with Gasteiger partial charge in [0.2, 0.25) is 5.91 Å². The van der Waals surface area contributed by atoms with Crippen molar-refractivity contribution in [1.29, 1.82) is 0 Å². The minimum atomic E-state index is 0.0241.